The van der Waals surface area contributed by atoms with Crippen molar-refractivity contribution in [3.8, 4) is 0 Å². The van der Waals surface area contributed by atoms with E-state index < -0.39 is 0 Å². The average Bonchev–Trinajstić information content (AvgIpc) is 2.73. The Kier molecular flexibility index (Phi) is 3.09. The fourth-order valence-electron chi connectivity index (χ4n) is 2.67. The maximum absolute atomic E-state index is 12.6. The van der Waals surface area contributed by atoms with E-state index >= 15 is 0 Å². The lowest BCUT2D eigenvalue weighted by Crippen LogP contribution is -2.25. The molecule has 0 fully saturated rings. The summed E-state index contributed by atoms with van der Waals surface area (Å²) in [5, 5.41) is 4.10. The summed E-state index contributed by atoms with van der Waals surface area (Å²) in [7, 11) is 1.80. The molecule has 1 aliphatic rings. The number of hydrogen-bond acceptors (Lipinski definition) is 4. The Morgan fingerprint density at radius 3 is 2.79 bits per heavy atom. The number of nitrogens with zero attached hydrogens (tertiary/aromatic N) is 2. The predicted octanol–water partition coefficient (Wildman–Crippen LogP) is 2.69. The molecule has 2 aromatic heterocycles. The van der Waals surface area contributed by atoms with Crippen LogP contribution in [-0.2, 0) is 19.9 Å². The van der Waals surface area contributed by atoms with Gasteiger partial charge in [-0.05, 0) is 45.1 Å². The lowest BCUT2D eigenvalue weighted by atomic mass is 9.97. The molecule has 0 radical (unpaired) electrons. The van der Waals surface area contributed by atoms with Crippen molar-refractivity contribution in [2.24, 2.45) is 7.05 Å². The number of aromatic nitrogens is 2. The summed E-state index contributed by atoms with van der Waals surface area (Å²) < 4.78 is 1.64. The summed E-state index contributed by atoms with van der Waals surface area (Å²) in [4.78, 5) is 19.5. The molecule has 0 amide bonds. The average molecular weight is 277 g/mol. The summed E-state index contributed by atoms with van der Waals surface area (Å²) in [6.07, 6.45) is 4.56. The van der Waals surface area contributed by atoms with Crippen molar-refractivity contribution in [3.63, 3.8) is 0 Å². The second kappa shape index (κ2) is 4.63. The molecule has 0 saturated carbocycles. The highest BCUT2D eigenvalue weighted by Gasteiger charge is 2.21. The normalized spacial score (nSPS) is 14.9. The number of aryl methyl sites for hydroxylation is 2. The van der Waals surface area contributed by atoms with Gasteiger partial charge in [0, 0.05) is 18.0 Å². The van der Waals surface area contributed by atoms with Crippen LogP contribution in [0, 0.1) is 0 Å². The number of thiophene rings is 1. The molecule has 5 heteroatoms. The molecule has 0 aliphatic heterocycles. The van der Waals surface area contributed by atoms with Crippen LogP contribution in [0.3, 0.4) is 0 Å². The summed E-state index contributed by atoms with van der Waals surface area (Å²) in [6, 6.07) is 0.269. The Bertz CT molecular complexity index is 684. The van der Waals surface area contributed by atoms with E-state index in [-0.39, 0.29) is 11.6 Å². The molecule has 0 spiro atoms. The van der Waals surface area contributed by atoms with Gasteiger partial charge in [-0.1, -0.05) is 0 Å². The van der Waals surface area contributed by atoms with Gasteiger partial charge < -0.3 is 5.32 Å². The zero-order valence-corrected chi connectivity index (χ0v) is 12.4. The van der Waals surface area contributed by atoms with Crippen molar-refractivity contribution in [2.45, 2.75) is 45.6 Å². The largest absolute Gasteiger partial charge is 0.353 e. The van der Waals surface area contributed by atoms with Gasteiger partial charge in [-0.25, -0.2) is 4.98 Å². The minimum absolute atomic E-state index is 0.0903. The highest BCUT2D eigenvalue weighted by Crippen LogP contribution is 2.34. The first-order chi connectivity index (χ1) is 9.08. The van der Waals surface area contributed by atoms with Crippen LogP contribution in [0.4, 0.5) is 5.95 Å². The standard InChI is InChI=1S/C14H19N3OS/c1-8(2)15-14-16-12-11(13(18)17(14)3)9-6-4-5-7-10(9)19-12/h8H,4-7H2,1-3H3,(H,15,16). The van der Waals surface area contributed by atoms with Gasteiger partial charge in [0.1, 0.15) is 4.83 Å². The third kappa shape index (κ3) is 2.06. The lowest BCUT2D eigenvalue weighted by Gasteiger charge is -2.13. The van der Waals surface area contributed by atoms with E-state index in [1.807, 2.05) is 0 Å². The minimum Gasteiger partial charge on any atom is -0.353 e. The summed E-state index contributed by atoms with van der Waals surface area (Å²) in [5.74, 6) is 0.672. The Morgan fingerprint density at radius 2 is 2.05 bits per heavy atom. The zero-order valence-electron chi connectivity index (χ0n) is 11.6. The third-order valence-electron chi connectivity index (χ3n) is 3.61. The van der Waals surface area contributed by atoms with Crippen LogP contribution < -0.4 is 10.9 Å². The Labute approximate surface area is 116 Å². The van der Waals surface area contributed by atoms with Crippen molar-refractivity contribution in [2.75, 3.05) is 5.32 Å². The van der Waals surface area contributed by atoms with Crippen molar-refractivity contribution in [3.05, 3.63) is 20.8 Å². The van der Waals surface area contributed by atoms with Crippen LogP contribution in [0.15, 0.2) is 4.79 Å². The predicted molar refractivity (Wildman–Crippen MR) is 80.3 cm³/mol. The number of hydrogen-bond donors (Lipinski definition) is 1. The van der Waals surface area contributed by atoms with Gasteiger partial charge in [0.05, 0.1) is 5.39 Å². The fourth-order valence-corrected chi connectivity index (χ4v) is 3.92. The SMILES string of the molecule is CC(C)Nc1nc2sc3c(c2c(=O)n1C)CCCC3. The molecule has 1 N–H and O–H groups in total. The van der Waals surface area contributed by atoms with E-state index in [0.29, 0.717) is 5.95 Å². The second-order valence-corrected chi connectivity index (χ2v) is 6.57. The molecule has 4 nitrogen and oxygen atoms in total. The smallest absolute Gasteiger partial charge is 0.263 e. The lowest BCUT2D eigenvalue weighted by molar-refractivity contribution is 0.699. The topological polar surface area (TPSA) is 46.9 Å². The molecule has 0 unspecified atom stereocenters. The first kappa shape index (κ1) is 12.7. The molecule has 0 atom stereocenters. The fraction of sp³-hybridized carbons (Fsp3) is 0.571. The molecule has 2 heterocycles. The Balaban J connectivity index is 2.25. The molecule has 0 saturated heterocycles. The third-order valence-corrected chi connectivity index (χ3v) is 4.80. The molecule has 0 aromatic carbocycles. The number of rotatable bonds is 2. The summed E-state index contributed by atoms with van der Waals surface area (Å²) >= 11 is 1.70. The van der Waals surface area contributed by atoms with Crippen molar-refractivity contribution < 1.29 is 0 Å². The van der Waals surface area contributed by atoms with Gasteiger partial charge >= 0.3 is 0 Å². The summed E-state index contributed by atoms with van der Waals surface area (Å²) in [5.41, 5.74) is 1.35. The molecule has 0 bridgehead atoms. The van der Waals surface area contributed by atoms with Gasteiger partial charge in [0.15, 0.2) is 0 Å². The first-order valence-corrected chi connectivity index (χ1v) is 7.67. The molecule has 102 valence electrons. The molecule has 1 aliphatic carbocycles. The monoisotopic (exact) mass is 277 g/mol. The maximum atomic E-state index is 12.6. The van der Waals surface area contributed by atoms with Gasteiger partial charge in [-0.15, -0.1) is 11.3 Å². The minimum atomic E-state index is 0.0903. The maximum Gasteiger partial charge on any atom is 0.263 e. The van der Waals surface area contributed by atoms with E-state index in [1.165, 1.54) is 23.3 Å². The van der Waals surface area contributed by atoms with Gasteiger partial charge in [0.25, 0.3) is 5.56 Å². The molecule has 19 heavy (non-hydrogen) atoms. The molecule has 3 rings (SSSR count). The van der Waals surface area contributed by atoms with E-state index in [0.717, 1.165) is 23.1 Å². The van der Waals surface area contributed by atoms with Crippen LogP contribution in [0.1, 0.15) is 37.1 Å². The van der Waals surface area contributed by atoms with Crippen LogP contribution in [0.5, 0.6) is 0 Å². The van der Waals surface area contributed by atoms with Crippen molar-refractivity contribution >= 4 is 27.5 Å². The Hall–Kier alpha value is -1.36. The quantitative estimate of drug-likeness (QED) is 0.918. The highest BCUT2D eigenvalue weighted by molar-refractivity contribution is 7.18. The first-order valence-electron chi connectivity index (χ1n) is 6.85. The van der Waals surface area contributed by atoms with E-state index in [1.54, 1.807) is 23.0 Å². The Morgan fingerprint density at radius 1 is 1.32 bits per heavy atom. The van der Waals surface area contributed by atoms with Crippen molar-refractivity contribution in [1.29, 1.82) is 0 Å². The van der Waals surface area contributed by atoms with Gasteiger partial charge in [-0.2, -0.15) is 0 Å². The highest BCUT2D eigenvalue weighted by atomic mass is 32.1. The van der Waals surface area contributed by atoms with E-state index in [2.05, 4.69) is 24.1 Å². The van der Waals surface area contributed by atoms with Crippen LogP contribution >= 0.6 is 11.3 Å². The zero-order chi connectivity index (χ0) is 13.6. The van der Waals surface area contributed by atoms with Crippen LogP contribution in [-0.4, -0.2) is 15.6 Å². The van der Waals surface area contributed by atoms with E-state index in [4.69, 9.17) is 0 Å². The second-order valence-electron chi connectivity index (χ2n) is 5.49. The number of nitrogens with one attached hydrogen (secondary N) is 1. The van der Waals surface area contributed by atoms with Crippen LogP contribution in [0.2, 0.25) is 0 Å². The van der Waals surface area contributed by atoms with Gasteiger partial charge in [-0.3, -0.25) is 9.36 Å². The molecular weight excluding hydrogens is 258 g/mol. The van der Waals surface area contributed by atoms with Gasteiger partial charge in [0.2, 0.25) is 5.95 Å². The van der Waals surface area contributed by atoms with Crippen molar-refractivity contribution in [1.82, 2.24) is 9.55 Å². The molecule has 2 aromatic rings. The summed E-state index contributed by atoms with van der Waals surface area (Å²) in [6.45, 7) is 4.10. The number of anilines is 1. The van der Waals surface area contributed by atoms with E-state index in [9.17, 15) is 4.79 Å². The van der Waals surface area contributed by atoms with Crippen LogP contribution in [0.25, 0.3) is 10.2 Å². The number of fused-ring (bicyclic) bond motifs is 3. The molecular formula is C14H19N3OS.